The molecule has 0 bridgehead atoms. The van der Waals surface area contributed by atoms with Gasteiger partial charge in [0.1, 0.15) is 12.4 Å². The fourth-order valence-corrected chi connectivity index (χ4v) is 3.80. The number of hydrogen-bond donors (Lipinski definition) is 2. The van der Waals surface area contributed by atoms with E-state index >= 15 is 0 Å². The number of hydrogen-bond acceptors (Lipinski definition) is 5. The number of amides is 2. The fourth-order valence-electron chi connectivity index (χ4n) is 2.89. The van der Waals surface area contributed by atoms with Gasteiger partial charge in [0.05, 0.1) is 23.0 Å². The van der Waals surface area contributed by atoms with Crippen LogP contribution in [-0.2, 0) is 16.2 Å². The van der Waals surface area contributed by atoms with Gasteiger partial charge in [0.15, 0.2) is 11.5 Å². The maximum Gasteiger partial charge on any atom is 0.329 e. The van der Waals surface area contributed by atoms with Gasteiger partial charge in [0, 0.05) is 4.47 Å². The first kappa shape index (κ1) is 26.4. The van der Waals surface area contributed by atoms with Crippen molar-refractivity contribution in [1.82, 2.24) is 5.43 Å². The first-order valence-corrected chi connectivity index (χ1v) is 12.1. The van der Waals surface area contributed by atoms with E-state index in [-0.39, 0.29) is 5.69 Å². The van der Waals surface area contributed by atoms with E-state index in [9.17, 15) is 14.0 Å². The third-order valence-electron chi connectivity index (χ3n) is 4.60. The van der Waals surface area contributed by atoms with E-state index in [2.05, 4.69) is 47.7 Å². The predicted molar refractivity (Wildman–Crippen MR) is 139 cm³/mol. The van der Waals surface area contributed by atoms with Gasteiger partial charge in [-0.15, -0.1) is 0 Å². The summed E-state index contributed by atoms with van der Waals surface area (Å²) in [5, 5.41) is 6.00. The molecule has 0 saturated carbocycles. The van der Waals surface area contributed by atoms with Crippen LogP contribution in [-0.4, -0.2) is 24.6 Å². The van der Waals surface area contributed by atoms with E-state index in [1.807, 2.05) is 38.1 Å². The third-order valence-corrected chi connectivity index (χ3v) is 5.68. The summed E-state index contributed by atoms with van der Waals surface area (Å²) in [6.07, 6.45) is 1.35. The molecule has 0 fully saturated rings. The first-order valence-electron chi connectivity index (χ1n) is 10.5. The molecule has 0 aliphatic rings. The summed E-state index contributed by atoms with van der Waals surface area (Å²) in [6, 6.07) is 15.5. The molecule has 0 saturated heterocycles. The molecule has 0 atom stereocenters. The Morgan fingerprint density at radius 2 is 1.77 bits per heavy atom. The van der Waals surface area contributed by atoms with Crippen molar-refractivity contribution >= 4 is 55.6 Å². The molecule has 0 heterocycles. The molecule has 3 aromatic carbocycles. The minimum Gasteiger partial charge on any atom is -0.490 e. The smallest absolute Gasteiger partial charge is 0.329 e. The number of carbonyl (C=O) groups is 2. The van der Waals surface area contributed by atoms with Crippen molar-refractivity contribution in [1.29, 1.82) is 0 Å². The zero-order chi connectivity index (χ0) is 25.4. The van der Waals surface area contributed by atoms with Crippen LogP contribution in [0.1, 0.15) is 23.6 Å². The second-order valence-corrected chi connectivity index (χ2v) is 9.08. The minimum atomic E-state index is -1.06. The van der Waals surface area contributed by atoms with E-state index in [0.717, 1.165) is 5.56 Å². The van der Waals surface area contributed by atoms with Gasteiger partial charge in [-0.05, 0) is 71.2 Å². The standard InChI is InChI=1S/C25H22Br2FN3O4/c1-3-34-22-11-17(10-19(27)23(22)35-14-16-6-4-15(2)5-7-16)13-29-31-25(33)24(32)30-21-9-8-18(26)12-20(21)28/h4-13H,3,14H2,1-2H3,(H,30,32)(H,31,33)/b29-13+. The van der Waals surface area contributed by atoms with Gasteiger partial charge in [0.2, 0.25) is 0 Å². The normalized spacial score (nSPS) is 10.8. The Morgan fingerprint density at radius 1 is 1.03 bits per heavy atom. The molecule has 0 aliphatic heterocycles. The lowest BCUT2D eigenvalue weighted by Crippen LogP contribution is -2.32. The summed E-state index contributed by atoms with van der Waals surface area (Å²) in [5.41, 5.74) is 4.76. The van der Waals surface area contributed by atoms with Crippen LogP contribution in [0.3, 0.4) is 0 Å². The van der Waals surface area contributed by atoms with E-state index in [0.29, 0.717) is 39.2 Å². The SMILES string of the molecule is CCOc1cc(/C=N/NC(=O)C(=O)Nc2ccc(Br)cc2F)cc(Br)c1OCc1ccc(C)cc1. The average Bonchev–Trinajstić information content (AvgIpc) is 2.81. The van der Waals surface area contributed by atoms with Gasteiger partial charge < -0.3 is 14.8 Å². The van der Waals surface area contributed by atoms with E-state index < -0.39 is 17.6 Å². The van der Waals surface area contributed by atoms with Crippen LogP contribution in [0.4, 0.5) is 10.1 Å². The van der Waals surface area contributed by atoms with Crippen LogP contribution in [0, 0.1) is 12.7 Å². The molecule has 2 amide bonds. The highest BCUT2D eigenvalue weighted by Gasteiger charge is 2.16. The highest BCUT2D eigenvalue weighted by Crippen LogP contribution is 2.37. The average molecular weight is 607 g/mol. The van der Waals surface area contributed by atoms with Crippen LogP contribution >= 0.6 is 31.9 Å². The molecule has 3 aromatic rings. The first-order chi connectivity index (χ1) is 16.8. The fraction of sp³-hybridized carbons (Fsp3) is 0.160. The summed E-state index contributed by atoms with van der Waals surface area (Å²) in [7, 11) is 0. The topological polar surface area (TPSA) is 89.0 Å². The lowest BCUT2D eigenvalue weighted by molar-refractivity contribution is -0.136. The Balaban J connectivity index is 1.65. The summed E-state index contributed by atoms with van der Waals surface area (Å²) >= 11 is 6.61. The van der Waals surface area contributed by atoms with E-state index in [4.69, 9.17) is 9.47 Å². The Morgan fingerprint density at radius 3 is 2.46 bits per heavy atom. The summed E-state index contributed by atoms with van der Waals surface area (Å²) in [4.78, 5) is 24.0. The number of ether oxygens (including phenoxy) is 2. The Bertz CT molecular complexity index is 1250. The highest BCUT2D eigenvalue weighted by atomic mass is 79.9. The molecule has 35 heavy (non-hydrogen) atoms. The number of carbonyl (C=O) groups excluding carboxylic acids is 2. The maximum absolute atomic E-state index is 13.9. The Hall–Kier alpha value is -3.24. The lowest BCUT2D eigenvalue weighted by Gasteiger charge is -2.15. The largest absolute Gasteiger partial charge is 0.490 e. The van der Waals surface area contributed by atoms with Crippen molar-refractivity contribution in [2.75, 3.05) is 11.9 Å². The molecule has 0 radical (unpaired) electrons. The number of nitrogens with one attached hydrogen (secondary N) is 2. The number of halogens is 3. The number of rotatable bonds is 8. The van der Waals surface area contributed by atoms with Crippen molar-refractivity contribution in [2.24, 2.45) is 5.10 Å². The summed E-state index contributed by atoms with van der Waals surface area (Å²) < 4.78 is 26.7. The van der Waals surface area contributed by atoms with Gasteiger partial charge in [0.25, 0.3) is 0 Å². The van der Waals surface area contributed by atoms with Gasteiger partial charge in [-0.1, -0.05) is 45.8 Å². The third kappa shape index (κ3) is 7.63. The zero-order valence-corrected chi connectivity index (χ0v) is 22.1. The molecular formula is C25H22Br2FN3O4. The molecule has 0 spiro atoms. The Labute approximate surface area is 219 Å². The number of benzene rings is 3. The molecule has 0 unspecified atom stereocenters. The van der Waals surface area contributed by atoms with Crippen LogP contribution < -0.4 is 20.2 Å². The van der Waals surface area contributed by atoms with Gasteiger partial charge in [-0.3, -0.25) is 9.59 Å². The van der Waals surface area contributed by atoms with Crippen LogP contribution in [0.5, 0.6) is 11.5 Å². The molecule has 182 valence electrons. The molecule has 3 rings (SSSR count). The van der Waals surface area contributed by atoms with Crippen molar-refractivity contribution in [3.8, 4) is 11.5 Å². The predicted octanol–water partition coefficient (Wildman–Crippen LogP) is 5.73. The monoisotopic (exact) mass is 605 g/mol. The van der Waals surface area contributed by atoms with Gasteiger partial charge in [-0.25, -0.2) is 9.82 Å². The van der Waals surface area contributed by atoms with Crippen molar-refractivity contribution in [3.63, 3.8) is 0 Å². The Kier molecular flexibility index (Phi) is 9.39. The van der Waals surface area contributed by atoms with Crippen LogP contribution in [0.15, 0.2) is 68.6 Å². The molecule has 2 N–H and O–H groups in total. The maximum atomic E-state index is 13.9. The van der Waals surface area contributed by atoms with Crippen LogP contribution in [0.2, 0.25) is 0 Å². The number of anilines is 1. The van der Waals surface area contributed by atoms with Gasteiger partial charge in [-0.2, -0.15) is 5.10 Å². The van der Waals surface area contributed by atoms with E-state index in [1.54, 1.807) is 12.1 Å². The zero-order valence-electron chi connectivity index (χ0n) is 18.9. The number of nitrogens with zero attached hydrogens (tertiary/aromatic N) is 1. The molecule has 0 aromatic heterocycles. The molecule has 0 aliphatic carbocycles. The van der Waals surface area contributed by atoms with Crippen molar-refractivity contribution < 1.29 is 23.5 Å². The second-order valence-electron chi connectivity index (χ2n) is 7.31. The van der Waals surface area contributed by atoms with Crippen molar-refractivity contribution in [2.45, 2.75) is 20.5 Å². The van der Waals surface area contributed by atoms with Gasteiger partial charge >= 0.3 is 11.8 Å². The second kappa shape index (κ2) is 12.5. The molecular weight excluding hydrogens is 585 g/mol. The lowest BCUT2D eigenvalue weighted by atomic mass is 10.2. The highest BCUT2D eigenvalue weighted by molar-refractivity contribution is 9.10. The number of hydrazone groups is 1. The summed E-state index contributed by atoms with van der Waals surface area (Å²) in [6.45, 7) is 4.64. The van der Waals surface area contributed by atoms with Crippen molar-refractivity contribution in [3.05, 3.63) is 86.1 Å². The number of aryl methyl sites for hydroxylation is 1. The summed E-state index contributed by atoms with van der Waals surface area (Å²) in [5.74, 6) is -1.76. The van der Waals surface area contributed by atoms with E-state index in [1.165, 1.54) is 30.0 Å². The quantitative estimate of drug-likeness (QED) is 0.195. The molecule has 7 nitrogen and oxygen atoms in total. The van der Waals surface area contributed by atoms with Crippen LogP contribution in [0.25, 0.3) is 0 Å². The minimum absolute atomic E-state index is 0.121. The molecule has 10 heteroatoms.